The molecule has 2 rings (SSSR count). The molecular weight excluding hydrogens is 359 g/mol. The lowest BCUT2D eigenvalue weighted by molar-refractivity contribution is -0.124. The number of carbonyl (C=O) groups excluding carboxylic acids is 2. The van der Waals surface area contributed by atoms with Crippen LogP contribution in [0.4, 0.5) is 0 Å². The SMILES string of the molecule is CC(C)[C@H](NC(=O)c1ccccc1Cl)C(=O)NCc1cccc(Cl)c1. The second kappa shape index (κ2) is 8.88. The van der Waals surface area contributed by atoms with Gasteiger partial charge in [-0.05, 0) is 35.7 Å². The molecule has 1 atom stereocenters. The molecule has 25 heavy (non-hydrogen) atoms. The fraction of sp³-hybridized carbons (Fsp3) is 0.263. The van der Waals surface area contributed by atoms with Crippen LogP contribution < -0.4 is 10.6 Å². The van der Waals surface area contributed by atoms with E-state index in [9.17, 15) is 9.59 Å². The normalized spacial score (nSPS) is 11.9. The zero-order valence-corrected chi connectivity index (χ0v) is 15.6. The minimum atomic E-state index is -0.664. The molecule has 0 radical (unpaired) electrons. The number of rotatable bonds is 6. The molecular formula is C19H20Cl2N2O2. The summed E-state index contributed by atoms with van der Waals surface area (Å²) in [6.07, 6.45) is 0. The van der Waals surface area contributed by atoms with Crippen molar-refractivity contribution in [3.05, 3.63) is 69.7 Å². The Morgan fingerprint density at radius 2 is 1.76 bits per heavy atom. The van der Waals surface area contributed by atoms with E-state index in [0.29, 0.717) is 22.2 Å². The van der Waals surface area contributed by atoms with E-state index in [4.69, 9.17) is 23.2 Å². The van der Waals surface area contributed by atoms with Crippen LogP contribution in [0.5, 0.6) is 0 Å². The minimum Gasteiger partial charge on any atom is -0.350 e. The van der Waals surface area contributed by atoms with Crippen LogP contribution in [0.1, 0.15) is 29.8 Å². The largest absolute Gasteiger partial charge is 0.350 e. The minimum absolute atomic E-state index is 0.0780. The Balaban J connectivity index is 2.03. The van der Waals surface area contributed by atoms with Crippen LogP contribution in [0.3, 0.4) is 0 Å². The molecule has 0 aliphatic rings. The molecule has 0 spiro atoms. The summed E-state index contributed by atoms with van der Waals surface area (Å²) < 4.78 is 0. The number of nitrogens with one attached hydrogen (secondary N) is 2. The molecule has 0 aliphatic carbocycles. The zero-order chi connectivity index (χ0) is 18.4. The number of halogens is 2. The van der Waals surface area contributed by atoms with Crippen LogP contribution >= 0.6 is 23.2 Å². The van der Waals surface area contributed by atoms with Crippen LogP contribution in [-0.2, 0) is 11.3 Å². The average Bonchev–Trinajstić information content (AvgIpc) is 2.57. The number of hydrogen-bond donors (Lipinski definition) is 2. The van der Waals surface area contributed by atoms with Gasteiger partial charge in [0.15, 0.2) is 0 Å². The van der Waals surface area contributed by atoms with Gasteiger partial charge in [-0.2, -0.15) is 0 Å². The highest BCUT2D eigenvalue weighted by atomic mass is 35.5. The van der Waals surface area contributed by atoms with Gasteiger partial charge >= 0.3 is 0 Å². The average molecular weight is 379 g/mol. The van der Waals surface area contributed by atoms with Crippen LogP contribution in [0.2, 0.25) is 10.0 Å². The van der Waals surface area contributed by atoms with Crippen molar-refractivity contribution in [2.75, 3.05) is 0 Å². The van der Waals surface area contributed by atoms with Crippen molar-refractivity contribution in [2.45, 2.75) is 26.4 Å². The van der Waals surface area contributed by atoms with E-state index < -0.39 is 6.04 Å². The Morgan fingerprint density at radius 3 is 2.40 bits per heavy atom. The van der Waals surface area contributed by atoms with Gasteiger partial charge < -0.3 is 10.6 Å². The summed E-state index contributed by atoms with van der Waals surface area (Å²) in [6.45, 7) is 4.08. The Bertz CT molecular complexity index is 763. The first kappa shape index (κ1) is 19.3. The van der Waals surface area contributed by atoms with Gasteiger partial charge in [0.25, 0.3) is 5.91 Å². The monoisotopic (exact) mass is 378 g/mol. The molecule has 0 fully saturated rings. The van der Waals surface area contributed by atoms with Gasteiger partial charge in [0.05, 0.1) is 10.6 Å². The third-order valence-electron chi connectivity index (χ3n) is 3.71. The molecule has 2 aromatic carbocycles. The lowest BCUT2D eigenvalue weighted by atomic mass is 10.0. The smallest absolute Gasteiger partial charge is 0.253 e. The molecule has 132 valence electrons. The van der Waals surface area contributed by atoms with E-state index >= 15 is 0 Å². The number of benzene rings is 2. The van der Waals surface area contributed by atoms with Crippen LogP contribution in [0.25, 0.3) is 0 Å². The van der Waals surface area contributed by atoms with Gasteiger partial charge in [-0.15, -0.1) is 0 Å². The lowest BCUT2D eigenvalue weighted by Crippen LogP contribution is -2.49. The fourth-order valence-electron chi connectivity index (χ4n) is 2.35. The summed E-state index contributed by atoms with van der Waals surface area (Å²) in [6, 6.07) is 13.3. The number of carbonyl (C=O) groups is 2. The van der Waals surface area contributed by atoms with Crippen LogP contribution in [-0.4, -0.2) is 17.9 Å². The molecule has 2 amide bonds. The van der Waals surface area contributed by atoms with Gasteiger partial charge in [0.1, 0.15) is 6.04 Å². The maximum Gasteiger partial charge on any atom is 0.253 e. The summed E-state index contributed by atoms with van der Waals surface area (Å²) in [5.74, 6) is -0.705. The second-order valence-electron chi connectivity index (χ2n) is 6.02. The van der Waals surface area contributed by atoms with Crippen molar-refractivity contribution in [3.8, 4) is 0 Å². The Morgan fingerprint density at radius 1 is 1.04 bits per heavy atom. The third-order valence-corrected chi connectivity index (χ3v) is 4.27. The topological polar surface area (TPSA) is 58.2 Å². The second-order valence-corrected chi connectivity index (χ2v) is 6.87. The molecule has 0 aliphatic heterocycles. The summed E-state index contributed by atoms with van der Waals surface area (Å²) in [4.78, 5) is 24.9. The van der Waals surface area contributed by atoms with Crippen molar-refractivity contribution >= 4 is 35.0 Å². The zero-order valence-electron chi connectivity index (χ0n) is 14.1. The van der Waals surface area contributed by atoms with Gasteiger partial charge in [0.2, 0.25) is 5.91 Å². The van der Waals surface area contributed by atoms with Crippen molar-refractivity contribution in [1.82, 2.24) is 10.6 Å². The highest BCUT2D eigenvalue weighted by Gasteiger charge is 2.25. The standard InChI is InChI=1S/C19H20Cl2N2O2/c1-12(2)17(23-18(24)15-8-3-4-9-16(15)21)19(25)22-11-13-6-5-7-14(20)10-13/h3-10,12,17H,11H2,1-2H3,(H,22,25)(H,23,24)/t17-/m0/s1. The maximum atomic E-state index is 12.5. The van der Waals surface area contributed by atoms with E-state index in [0.717, 1.165) is 5.56 Å². The maximum absolute atomic E-state index is 12.5. The fourth-order valence-corrected chi connectivity index (χ4v) is 2.78. The Labute approximate surface area is 157 Å². The van der Waals surface area contributed by atoms with E-state index in [2.05, 4.69) is 10.6 Å². The predicted octanol–water partition coefficient (Wildman–Crippen LogP) is 4.06. The van der Waals surface area contributed by atoms with Crippen LogP contribution in [0, 0.1) is 5.92 Å². The molecule has 0 unspecified atom stereocenters. The third kappa shape index (κ3) is 5.48. The summed E-state index contributed by atoms with van der Waals surface area (Å²) in [5.41, 5.74) is 1.23. The number of hydrogen-bond acceptors (Lipinski definition) is 2. The molecule has 2 N–H and O–H groups in total. The molecule has 0 saturated heterocycles. The summed E-state index contributed by atoms with van der Waals surface area (Å²) in [7, 11) is 0. The van der Waals surface area contributed by atoms with Crippen molar-refractivity contribution in [1.29, 1.82) is 0 Å². The van der Waals surface area contributed by atoms with Crippen molar-refractivity contribution in [3.63, 3.8) is 0 Å². The van der Waals surface area contributed by atoms with Crippen molar-refractivity contribution in [2.24, 2.45) is 5.92 Å². The first-order chi connectivity index (χ1) is 11.9. The summed E-state index contributed by atoms with van der Waals surface area (Å²) >= 11 is 12.0. The predicted molar refractivity (Wildman–Crippen MR) is 101 cm³/mol. The molecule has 2 aromatic rings. The molecule has 6 heteroatoms. The first-order valence-corrected chi connectivity index (χ1v) is 8.71. The van der Waals surface area contributed by atoms with E-state index in [1.807, 2.05) is 26.0 Å². The lowest BCUT2D eigenvalue weighted by Gasteiger charge is -2.22. The molecule has 4 nitrogen and oxygen atoms in total. The van der Waals surface area contributed by atoms with Crippen LogP contribution in [0.15, 0.2) is 48.5 Å². The van der Waals surface area contributed by atoms with E-state index in [1.165, 1.54) is 0 Å². The van der Waals surface area contributed by atoms with Gasteiger partial charge in [-0.1, -0.05) is 61.3 Å². The molecule has 0 saturated carbocycles. The van der Waals surface area contributed by atoms with Gasteiger partial charge in [-0.3, -0.25) is 9.59 Å². The van der Waals surface area contributed by atoms with Gasteiger partial charge in [-0.25, -0.2) is 0 Å². The Kier molecular flexibility index (Phi) is 6.85. The molecule has 0 bridgehead atoms. The quantitative estimate of drug-likeness (QED) is 0.795. The highest BCUT2D eigenvalue weighted by molar-refractivity contribution is 6.33. The number of amides is 2. The molecule has 0 aromatic heterocycles. The van der Waals surface area contributed by atoms with Crippen molar-refractivity contribution < 1.29 is 9.59 Å². The summed E-state index contributed by atoms with van der Waals surface area (Å²) in [5, 5.41) is 6.55. The highest BCUT2D eigenvalue weighted by Crippen LogP contribution is 2.16. The molecule has 0 heterocycles. The van der Waals surface area contributed by atoms with E-state index in [-0.39, 0.29) is 17.7 Å². The Hall–Kier alpha value is -2.04. The van der Waals surface area contributed by atoms with Gasteiger partial charge in [0, 0.05) is 11.6 Å². The first-order valence-electron chi connectivity index (χ1n) is 7.96. The van der Waals surface area contributed by atoms with E-state index in [1.54, 1.807) is 36.4 Å².